The summed E-state index contributed by atoms with van der Waals surface area (Å²) in [6.07, 6.45) is 4.38. The Morgan fingerprint density at radius 1 is 1.18 bits per heavy atom. The monoisotopic (exact) mass is 445 g/mol. The molecule has 33 heavy (non-hydrogen) atoms. The number of urea groups is 1. The molecule has 1 saturated heterocycles. The molecule has 0 aliphatic carbocycles. The van der Waals surface area contributed by atoms with E-state index in [9.17, 15) is 4.79 Å². The molecule has 2 amide bonds. The fourth-order valence-corrected chi connectivity index (χ4v) is 3.96. The van der Waals surface area contributed by atoms with Crippen LogP contribution in [0.2, 0.25) is 0 Å². The molecule has 0 radical (unpaired) electrons. The number of nitrogens with one attached hydrogen (secondary N) is 2. The molecule has 0 spiro atoms. The maximum Gasteiger partial charge on any atom is 0.317 e. The number of benzene rings is 1. The highest BCUT2D eigenvalue weighted by Crippen LogP contribution is 2.28. The lowest BCUT2D eigenvalue weighted by Gasteiger charge is -2.13. The van der Waals surface area contributed by atoms with E-state index in [1.807, 2.05) is 6.92 Å². The van der Waals surface area contributed by atoms with Crippen molar-refractivity contribution in [2.45, 2.75) is 26.2 Å². The van der Waals surface area contributed by atoms with Crippen molar-refractivity contribution in [3.8, 4) is 0 Å². The second-order valence-electron chi connectivity index (χ2n) is 8.31. The van der Waals surface area contributed by atoms with Gasteiger partial charge in [-0.05, 0) is 63.0 Å². The zero-order valence-electron chi connectivity index (χ0n) is 19.3. The molecule has 1 unspecified atom stereocenters. The van der Waals surface area contributed by atoms with E-state index in [0.717, 1.165) is 11.6 Å². The van der Waals surface area contributed by atoms with Gasteiger partial charge >= 0.3 is 6.03 Å². The number of nitrogens with zero attached hydrogens (tertiary/aromatic N) is 3. The minimum atomic E-state index is -0.718. The molecule has 8 nitrogen and oxygen atoms in total. The Morgan fingerprint density at radius 3 is 2.55 bits per heavy atom. The summed E-state index contributed by atoms with van der Waals surface area (Å²) in [6.45, 7) is 6.54. The Kier molecular flexibility index (Phi) is 7.74. The molecular weight excluding hydrogens is 414 g/mol. The molecule has 1 aromatic carbocycles. The van der Waals surface area contributed by atoms with Crippen molar-refractivity contribution in [1.82, 2.24) is 14.9 Å². The van der Waals surface area contributed by atoms with Gasteiger partial charge in [0, 0.05) is 47.5 Å². The summed E-state index contributed by atoms with van der Waals surface area (Å²) in [4.78, 5) is 21.2. The van der Waals surface area contributed by atoms with Gasteiger partial charge in [0.15, 0.2) is 0 Å². The number of anilines is 2. The minimum absolute atomic E-state index is 0.242. The fraction of sp³-hybridized carbons (Fsp3) is 0.280. The Labute approximate surface area is 194 Å². The lowest BCUT2D eigenvalue weighted by atomic mass is 9.94. The molecule has 1 fully saturated rings. The van der Waals surface area contributed by atoms with Crippen molar-refractivity contribution < 1.29 is 4.79 Å². The molecule has 4 rings (SSSR count). The van der Waals surface area contributed by atoms with Crippen LogP contribution in [-0.2, 0) is 0 Å². The summed E-state index contributed by atoms with van der Waals surface area (Å²) < 4.78 is 0. The van der Waals surface area contributed by atoms with E-state index in [4.69, 9.17) is 16.9 Å². The fourth-order valence-electron chi connectivity index (χ4n) is 3.96. The van der Waals surface area contributed by atoms with Gasteiger partial charge in [-0.3, -0.25) is 15.7 Å². The third-order valence-corrected chi connectivity index (χ3v) is 5.66. The molecule has 8 heteroatoms. The first kappa shape index (κ1) is 23.9. The molecule has 172 valence electrons. The van der Waals surface area contributed by atoms with Gasteiger partial charge in [-0.1, -0.05) is 24.3 Å². The first-order chi connectivity index (χ1) is 15.7. The van der Waals surface area contributed by atoms with E-state index in [-0.39, 0.29) is 11.5 Å². The third-order valence-electron chi connectivity index (χ3n) is 5.66. The lowest BCUT2D eigenvalue weighted by molar-refractivity contribution is 0.259. The molecule has 1 aliphatic heterocycles. The van der Waals surface area contributed by atoms with Crippen LogP contribution < -0.4 is 16.8 Å². The maximum absolute atomic E-state index is 10.7. The zero-order chi connectivity index (χ0) is 24.0. The standard InChI is InChI=1S/C13H14N6O.C12H17N/c1-7-4-8(2-3-17-7)12(15)9-6-18-11(5-10(9)14)19-13(16)20;1-10-5-3-4-6-12(10)11-7-8-13(2)9-11/h2-6,15H,1H3,(H5,14,16,18,19,20);3-6,11H,7-9H2,1-2H3. The summed E-state index contributed by atoms with van der Waals surface area (Å²) in [5.74, 6) is 1.02. The molecule has 0 saturated carbocycles. The Bertz CT molecular complexity index is 1150. The normalized spacial score (nSPS) is 15.4. The van der Waals surface area contributed by atoms with Crippen molar-refractivity contribution in [1.29, 1.82) is 5.41 Å². The van der Waals surface area contributed by atoms with Crippen LogP contribution in [0, 0.1) is 19.3 Å². The van der Waals surface area contributed by atoms with Gasteiger partial charge in [0.2, 0.25) is 0 Å². The number of amides is 2. The maximum atomic E-state index is 10.7. The Balaban J connectivity index is 0.000000203. The first-order valence-corrected chi connectivity index (χ1v) is 10.8. The minimum Gasteiger partial charge on any atom is -0.398 e. The second-order valence-corrected chi connectivity index (χ2v) is 8.31. The number of likely N-dealkylation sites (tertiary alicyclic amines) is 1. The van der Waals surface area contributed by atoms with Crippen molar-refractivity contribution in [3.63, 3.8) is 0 Å². The summed E-state index contributed by atoms with van der Waals surface area (Å²) in [5, 5.41) is 10.5. The van der Waals surface area contributed by atoms with Crippen molar-refractivity contribution in [3.05, 3.63) is 82.8 Å². The van der Waals surface area contributed by atoms with Crippen molar-refractivity contribution in [2.75, 3.05) is 31.2 Å². The second kappa shape index (κ2) is 10.7. The average molecular weight is 446 g/mol. The SMILES string of the molecule is Cc1cc(C(=N)c2cnc(NC(N)=O)cc2N)ccn1.Cc1ccccc1C1CCN(C)C1. The summed E-state index contributed by atoms with van der Waals surface area (Å²) in [5.41, 5.74) is 16.4. The highest BCUT2D eigenvalue weighted by Gasteiger charge is 2.21. The average Bonchev–Trinajstić information content (AvgIpc) is 3.20. The van der Waals surface area contributed by atoms with E-state index in [1.165, 1.54) is 37.3 Å². The van der Waals surface area contributed by atoms with Gasteiger partial charge in [0.05, 0.1) is 5.71 Å². The number of hydrogen-bond donors (Lipinski definition) is 4. The Morgan fingerprint density at radius 2 is 1.94 bits per heavy atom. The van der Waals surface area contributed by atoms with Gasteiger partial charge in [-0.15, -0.1) is 0 Å². The van der Waals surface area contributed by atoms with E-state index < -0.39 is 6.03 Å². The number of primary amides is 1. The van der Waals surface area contributed by atoms with Gasteiger partial charge < -0.3 is 16.4 Å². The van der Waals surface area contributed by atoms with E-state index >= 15 is 0 Å². The Hall–Kier alpha value is -3.78. The number of pyridine rings is 2. The number of hydrogen-bond acceptors (Lipinski definition) is 6. The third kappa shape index (κ3) is 6.36. The van der Waals surface area contributed by atoms with Crippen LogP contribution in [0.15, 0.2) is 54.9 Å². The molecule has 2 aromatic heterocycles. The van der Waals surface area contributed by atoms with E-state index in [0.29, 0.717) is 16.8 Å². The number of aryl methyl sites for hydroxylation is 2. The topological polar surface area (TPSA) is 134 Å². The van der Waals surface area contributed by atoms with Crippen molar-refractivity contribution >= 4 is 23.2 Å². The van der Waals surface area contributed by atoms with E-state index in [2.05, 4.69) is 58.4 Å². The van der Waals surface area contributed by atoms with Crippen LogP contribution in [0.3, 0.4) is 0 Å². The van der Waals surface area contributed by atoms with Crippen molar-refractivity contribution in [2.24, 2.45) is 5.73 Å². The molecule has 3 aromatic rings. The number of carbonyl (C=O) groups excluding carboxylic acids is 1. The first-order valence-electron chi connectivity index (χ1n) is 10.8. The molecule has 0 bridgehead atoms. The summed E-state index contributed by atoms with van der Waals surface area (Å²) in [7, 11) is 2.21. The number of nitrogens with two attached hydrogens (primary N) is 2. The number of carbonyl (C=O) groups is 1. The quantitative estimate of drug-likeness (QED) is 0.454. The van der Waals surface area contributed by atoms with Crippen LogP contribution in [0.5, 0.6) is 0 Å². The number of nitrogen functional groups attached to an aromatic ring is 1. The van der Waals surface area contributed by atoms with Gasteiger partial charge in [-0.25, -0.2) is 9.78 Å². The number of rotatable bonds is 4. The van der Waals surface area contributed by atoms with Crippen LogP contribution >= 0.6 is 0 Å². The van der Waals surface area contributed by atoms with Crippen LogP contribution in [0.25, 0.3) is 0 Å². The number of aromatic nitrogens is 2. The predicted molar refractivity (Wildman–Crippen MR) is 133 cm³/mol. The smallest absolute Gasteiger partial charge is 0.317 e. The molecule has 1 aliphatic rings. The summed E-state index contributed by atoms with van der Waals surface area (Å²) in [6, 6.07) is 13.0. The van der Waals surface area contributed by atoms with E-state index in [1.54, 1.807) is 23.9 Å². The molecule has 6 N–H and O–H groups in total. The van der Waals surface area contributed by atoms with Crippen LogP contribution in [0.1, 0.15) is 40.3 Å². The van der Waals surface area contributed by atoms with Gasteiger partial charge in [0.1, 0.15) is 5.82 Å². The zero-order valence-corrected chi connectivity index (χ0v) is 19.3. The molecular formula is C25H31N7O. The van der Waals surface area contributed by atoms with Gasteiger partial charge in [0.25, 0.3) is 0 Å². The predicted octanol–water partition coefficient (Wildman–Crippen LogP) is 3.69. The molecule has 1 atom stereocenters. The largest absolute Gasteiger partial charge is 0.398 e. The van der Waals surface area contributed by atoms with Gasteiger partial charge in [-0.2, -0.15) is 0 Å². The lowest BCUT2D eigenvalue weighted by Crippen LogP contribution is -2.20. The van der Waals surface area contributed by atoms with Crippen LogP contribution in [-0.4, -0.2) is 46.7 Å². The van der Waals surface area contributed by atoms with Crippen LogP contribution in [0.4, 0.5) is 16.3 Å². The molecule has 3 heterocycles. The number of likely N-dealkylation sites (N-methyl/N-ethyl adjacent to an activating group) is 1. The highest BCUT2D eigenvalue weighted by atomic mass is 16.2. The summed E-state index contributed by atoms with van der Waals surface area (Å²) >= 11 is 0. The highest BCUT2D eigenvalue weighted by molar-refractivity contribution is 6.13.